The molecule has 2 fully saturated rings. The first-order valence-corrected chi connectivity index (χ1v) is 7.81. The van der Waals surface area contributed by atoms with E-state index in [1.165, 1.54) is 18.4 Å². The normalized spacial score (nSPS) is 48.0. The molecule has 10 nitrogen and oxygen atoms in total. The zero-order chi connectivity index (χ0) is 18.4. The summed E-state index contributed by atoms with van der Waals surface area (Å²) in [5.74, 6) is -0.0457. The van der Waals surface area contributed by atoms with Crippen LogP contribution in [0.2, 0.25) is 0 Å². The average molecular weight is 362 g/mol. The molecule has 0 bridgehead atoms. The number of hydrogen-bond acceptors (Lipinski definition) is 10. The Morgan fingerprint density at radius 3 is 2.32 bits per heavy atom. The molecule has 2 aliphatic heterocycles. The third-order valence-corrected chi connectivity index (χ3v) is 4.97. The SMILES string of the molecule is OC[C@H]1O[C@](c2ccco2)(C2OCC(O)(CO)[C@H]2O)[C@H](O)[C@@H](O)[C@H]1O. The predicted octanol–water partition coefficient (Wildman–Crippen LogP) is -3.57. The smallest absolute Gasteiger partial charge is 0.183 e. The fourth-order valence-electron chi connectivity index (χ4n) is 3.47. The lowest BCUT2D eigenvalue weighted by atomic mass is 9.76. The Balaban J connectivity index is 2.09. The Hall–Kier alpha value is -1.08. The minimum Gasteiger partial charge on any atom is -0.466 e. The van der Waals surface area contributed by atoms with Gasteiger partial charge in [0.25, 0.3) is 0 Å². The zero-order valence-electron chi connectivity index (χ0n) is 13.2. The standard InChI is InChI=1S/C15H22O10/c16-4-7-9(18)10(19)11(20)15(25-7,8-2-1-3-23-8)13-12(21)14(22,5-17)6-24-13/h1-3,7,9-13,16-22H,4-6H2/t7-,9+,10+,11-,12+,13?,14?,15+/m1/s1. The van der Waals surface area contributed by atoms with Gasteiger partial charge in [0.2, 0.25) is 0 Å². The van der Waals surface area contributed by atoms with Gasteiger partial charge in [0.05, 0.1) is 26.1 Å². The van der Waals surface area contributed by atoms with Crippen molar-refractivity contribution in [2.24, 2.45) is 0 Å². The van der Waals surface area contributed by atoms with Crippen LogP contribution in [-0.4, -0.2) is 97.8 Å². The summed E-state index contributed by atoms with van der Waals surface area (Å²) in [7, 11) is 0. The van der Waals surface area contributed by atoms with Crippen LogP contribution in [0.4, 0.5) is 0 Å². The fraction of sp³-hybridized carbons (Fsp3) is 0.733. The second kappa shape index (κ2) is 6.58. The second-order valence-corrected chi connectivity index (χ2v) is 6.47. The van der Waals surface area contributed by atoms with E-state index in [-0.39, 0.29) is 5.76 Å². The van der Waals surface area contributed by atoms with Crippen molar-refractivity contribution in [1.29, 1.82) is 0 Å². The van der Waals surface area contributed by atoms with E-state index in [0.717, 1.165) is 0 Å². The number of hydrogen-bond donors (Lipinski definition) is 7. The molecule has 25 heavy (non-hydrogen) atoms. The topological polar surface area (TPSA) is 173 Å². The monoisotopic (exact) mass is 362 g/mol. The van der Waals surface area contributed by atoms with Gasteiger partial charge in [0.15, 0.2) is 5.60 Å². The highest BCUT2D eigenvalue weighted by Gasteiger charge is 2.66. The molecule has 10 heteroatoms. The third-order valence-electron chi connectivity index (χ3n) is 4.97. The van der Waals surface area contributed by atoms with Crippen molar-refractivity contribution in [2.75, 3.05) is 19.8 Å². The highest BCUT2D eigenvalue weighted by atomic mass is 16.6. The van der Waals surface area contributed by atoms with Gasteiger partial charge in [-0.2, -0.15) is 0 Å². The Labute approximate surface area is 142 Å². The van der Waals surface area contributed by atoms with E-state index in [0.29, 0.717) is 0 Å². The van der Waals surface area contributed by atoms with Crippen LogP contribution in [0.3, 0.4) is 0 Å². The van der Waals surface area contributed by atoms with Crippen molar-refractivity contribution in [1.82, 2.24) is 0 Å². The molecule has 0 aromatic carbocycles. The average Bonchev–Trinajstić information content (AvgIpc) is 3.25. The lowest BCUT2D eigenvalue weighted by Crippen LogP contribution is -2.69. The van der Waals surface area contributed by atoms with E-state index in [1.54, 1.807) is 0 Å². The molecule has 1 aromatic rings. The lowest BCUT2D eigenvalue weighted by molar-refractivity contribution is -0.318. The predicted molar refractivity (Wildman–Crippen MR) is 78.1 cm³/mol. The van der Waals surface area contributed by atoms with Crippen molar-refractivity contribution >= 4 is 0 Å². The van der Waals surface area contributed by atoms with Crippen LogP contribution in [0.1, 0.15) is 5.76 Å². The van der Waals surface area contributed by atoms with Gasteiger partial charge in [-0.3, -0.25) is 0 Å². The van der Waals surface area contributed by atoms with Crippen molar-refractivity contribution in [3.63, 3.8) is 0 Å². The van der Waals surface area contributed by atoms with Crippen LogP contribution >= 0.6 is 0 Å². The Morgan fingerprint density at radius 2 is 1.80 bits per heavy atom. The maximum absolute atomic E-state index is 10.7. The molecular weight excluding hydrogens is 340 g/mol. The van der Waals surface area contributed by atoms with Crippen LogP contribution in [0, 0.1) is 0 Å². The highest BCUT2D eigenvalue weighted by Crippen LogP contribution is 2.47. The number of ether oxygens (including phenoxy) is 2. The maximum Gasteiger partial charge on any atom is 0.183 e. The van der Waals surface area contributed by atoms with Crippen LogP contribution < -0.4 is 0 Å². The largest absolute Gasteiger partial charge is 0.466 e. The minimum absolute atomic E-state index is 0.0457. The zero-order valence-corrected chi connectivity index (χ0v) is 13.2. The van der Waals surface area contributed by atoms with E-state index in [1.807, 2.05) is 0 Å². The number of furan rings is 1. The maximum atomic E-state index is 10.7. The molecule has 0 saturated carbocycles. The van der Waals surface area contributed by atoms with Crippen molar-refractivity contribution in [3.8, 4) is 0 Å². The summed E-state index contributed by atoms with van der Waals surface area (Å²) in [5, 5.41) is 70.4. The molecule has 2 aliphatic rings. The van der Waals surface area contributed by atoms with Gasteiger partial charge in [0.1, 0.15) is 48.0 Å². The van der Waals surface area contributed by atoms with E-state index in [9.17, 15) is 35.7 Å². The molecule has 3 heterocycles. The molecule has 2 unspecified atom stereocenters. The molecular formula is C15H22O10. The van der Waals surface area contributed by atoms with Crippen LogP contribution in [0.15, 0.2) is 22.8 Å². The molecule has 8 atom stereocenters. The molecule has 0 radical (unpaired) electrons. The first-order chi connectivity index (χ1) is 11.8. The van der Waals surface area contributed by atoms with E-state index >= 15 is 0 Å². The van der Waals surface area contributed by atoms with Gasteiger partial charge in [-0.1, -0.05) is 0 Å². The number of aliphatic hydroxyl groups is 7. The van der Waals surface area contributed by atoms with Crippen molar-refractivity contribution < 1.29 is 49.6 Å². The van der Waals surface area contributed by atoms with Gasteiger partial charge < -0.3 is 49.6 Å². The van der Waals surface area contributed by atoms with Crippen molar-refractivity contribution in [3.05, 3.63) is 24.2 Å². The Morgan fingerprint density at radius 1 is 1.08 bits per heavy atom. The molecule has 0 amide bonds. The van der Waals surface area contributed by atoms with E-state index in [2.05, 4.69) is 0 Å². The fourth-order valence-corrected chi connectivity index (χ4v) is 3.47. The summed E-state index contributed by atoms with van der Waals surface area (Å²) < 4.78 is 16.4. The summed E-state index contributed by atoms with van der Waals surface area (Å²) >= 11 is 0. The van der Waals surface area contributed by atoms with Gasteiger partial charge >= 0.3 is 0 Å². The van der Waals surface area contributed by atoms with Gasteiger partial charge in [-0.15, -0.1) is 0 Å². The highest BCUT2D eigenvalue weighted by molar-refractivity contribution is 5.23. The molecule has 7 N–H and O–H groups in total. The molecule has 0 spiro atoms. The summed E-state index contributed by atoms with van der Waals surface area (Å²) in [5.41, 5.74) is -4.04. The quantitative estimate of drug-likeness (QED) is 0.284. The summed E-state index contributed by atoms with van der Waals surface area (Å²) in [6, 6.07) is 2.87. The minimum atomic E-state index is -2.03. The van der Waals surface area contributed by atoms with E-state index in [4.69, 9.17) is 13.9 Å². The van der Waals surface area contributed by atoms with Crippen LogP contribution in [0.25, 0.3) is 0 Å². The molecule has 3 rings (SSSR count). The summed E-state index contributed by atoms with van der Waals surface area (Å²) in [6.45, 7) is -1.97. The Bertz CT molecular complexity index is 577. The summed E-state index contributed by atoms with van der Waals surface area (Å²) in [6.07, 6.45) is -8.40. The van der Waals surface area contributed by atoms with Gasteiger partial charge in [-0.25, -0.2) is 0 Å². The third kappa shape index (κ3) is 2.62. The number of rotatable bonds is 4. The van der Waals surface area contributed by atoms with Gasteiger partial charge in [0, 0.05) is 0 Å². The molecule has 2 saturated heterocycles. The van der Waals surface area contributed by atoms with Crippen LogP contribution in [-0.2, 0) is 15.1 Å². The second-order valence-electron chi connectivity index (χ2n) is 6.47. The van der Waals surface area contributed by atoms with Crippen LogP contribution in [0.5, 0.6) is 0 Å². The Kier molecular flexibility index (Phi) is 4.92. The number of aliphatic hydroxyl groups excluding tert-OH is 6. The molecule has 0 aliphatic carbocycles. The van der Waals surface area contributed by atoms with Crippen molar-refractivity contribution in [2.45, 2.75) is 47.8 Å². The molecule has 1 aromatic heterocycles. The first kappa shape index (κ1) is 18.7. The van der Waals surface area contributed by atoms with Gasteiger partial charge in [-0.05, 0) is 12.1 Å². The molecule has 142 valence electrons. The van der Waals surface area contributed by atoms with E-state index < -0.39 is 67.6 Å². The lowest BCUT2D eigenvalue weighted by Gasteiger charge is -2.50. The summed E-state index contributed by atoms with van der Waals surface area (Å²) in [4.78, 5) is 0. The first-order valence-electron chi connectivity index (χ1n) is 7.81.